The smallest absolute Gasteiger partial charge is 0.224 e. The number of likely N-dealkylation sites (tertiary alicyclic amines) is 1. The van der Waals surface area contributed by atoms with Gasteiger partial charge in [-0.3, -0.25) is 9.78 Å². The van der Waals surface area contributed by atoms with Gasteiger partial charge in [0.15, 0.2) is 0 Å². The third kappa shape index (κ3) is 7.13. The molecule has 1 fully saturated rings. The van der Waals surface area contributed by atoms with Crippen molar-refractivity contribution in [3.05, 3.63) is 59.9 Å². The number of aromatic nitrogens is 1. The lowest BCUT2D eigenvalue weighted by Gasteiger charge is -2.37. The fourth-order valence-corrected chi connectivity index (χ4v) is 4.15. The highest BCUT2D eigenvalue weighted by Gasteiger charge is 2.32. The summed E-state index contributed by atoms with van der Waals surface area (Å²) in [5.41, 5.74) is 2.23. The molecule has 0 unspecified atom stereocenters. The van der Waals surface area contributed by atoms with Crippen LogP contribution in [0.25, 0.3) is 0 Å². The van der Waals surface area contributed by atoms with E-state index in [1.807, 2.05) is 37.3 Å². The molecule has 0 saturated carbocycles. The summed E-state index contributed by atoms with van der Waals surface area (Å²) in [5, 5.41) is 3.16. The Morgan fingerprint density at radius 1 is 1.20 bits per heavy atom. The van der Waals surface area contributed by atoms with Crippen molar-refractivity contribution in [3.8, 4) is 5.75 Å². The number of piperidine rings is 1. The molecule has 1 N–H and O–H groups in total. The molecular weight excluding hydrogens is 374 g/mol. The number of aryl methyl sites for hydroxylation is 1. The average Bonchev–Trinajstić information content (AvgIpc) is 2.73. The zero-order valence-corrected chi connectivity index (χ0v) is 18.5. The molecule has 3 rings (SSSR count). The number of nitrogens with zero attached hydrogens (tertiary/aromatic N) is 2. The molecule has 2 aromatic rings. The third-order valence-electron chi connectivity index (χ3n) is 5.53. The van der Waals surface area contributed by atoms with Gasteiger partial charge in [0, 0.05) is 37.8 Å². The van der Waals surface area contributed by atoms with E-state index in [1.54, 1.807) is 6.20 Å². The minimum absolute atomic E-state index is 0.0121. The van der Waals surface area contributed by atoms with E-state index in [-0.39, 0.29) is 11.8 Å². The highest BCUT2D eigenvalue weighted by Crippen LogP contribution is 2.24. The predicted octanol–water partition coefficient (Wildman–Crippen LogP) is 3.72. The maximum absolute atomic E-state index is 12.9. The van der Waals surface area contributed by atoms with Crippen LogP contribution < -0.4 is 10.1 Å². The molecule has 0 bridgehead atoms. The van der Waals surface area contributed by atoms with Crippen LogP contribution in [0.3, 0.4) is 0 Å². The van der Waals surface area contributed by atoms with Gasteiger partial charge < -0.3 is 15.0 Å². The second kappa shape index (κ2) is 11.1. The number of rotatable bonds is 9. The Morgan fingerprint density at radius 3 is 2.70 bits per heavy atom. The lowest BCUT2D eigenvalue weighted by atomic mass is 9.88. The lowest BCUT2D eigenvalue weighted by Crippen LogP contribution is -2.48. The SMILES string of the molecule is Cc1ccc(OC[C@H]2C[C@@H](C(=O)NCCc3ccccc3)CN(CC(C)C)C2)cn1. The van der Waals surface area contributed by atoms with Gasteiger partial charge in [0.1, 0.15) is 5.75 Å². The first-order valence-corrected chi connectivity index (χ1v) is 11.1. The fraction of sp³-hybridized carbons (Fsp3) is 0.520. The van der Waals surface area contributed by atoms with Gasteiger partial charge in [-0.05, 0) is 43.4 Å². The van der Waals surface area contributed by atoms with Gasteiger partial charge in [0.2, 0.25) is 5.91 Å². The van der Waals surface area contributed by atoms with Crippen molar-refractivity contribution in [1.82, 2.24) is 15.2 Å². The zero-order chi connectivity index (χ0) is 21.3. The molecule has 1 amide bonds. The highest BCUT2D eigenvalue weighted by atomic mass is 16.5. The summed E-state index contributed by atoms with van der Waals surface area (Å²) in [7, 11) is 0. The second-order valence-corrected chi connectivity index (χ2v) is 8.88. The number of ether oxygens (including phenoxy) is 1. The van der Waals surface area contributed by atoms with Crippen molar-refractivity contribution in [3.63, 3.8) is 0 Å². The summed E-state index contributed by atoms with van der Waals surface area (Å²) in [4.78, 5) is 19.6. The molecule has 5 nitrogen and oxygen atoms in total. The van der Waals surface area contributed by atoms with Crippen LogP contribution >= 0.6 is 0 Å². The van der Waals surface area contributed by atoms with E-state index in [0.717, 1.165) is 43.9 Å². The Hall–Kier alpha value is -2.40. The molecular formula is C25H35N3O2. The van der Waals surface area contributed by atoms with Gasteiger partial charge in [-0.2, -0.15) is 0 Å². The topological polar surface area (TPSA) is 54.5 Å². The van der Waals surface area contributed by atoms with E-state index in [1.165, 1.54) is 5.56 Å². The largest absolute Gasteiger partial charge is 0.492 e. The summed E-state index contributed by atoms with van der Waals surface area (Å²) >= 11 is 0. The summed E-state index contributed by atoms with van der Waals surface area (Å²) < 4.78 is 6.00. The Morgan fingerprint density at radius 2 is 2.00 bits per heavy atom. The number of carbonyl (C=O) groups is 1. The molecule has 5 heteroatoms. The van der Waals surface area contributed by atoms with Gasteiger partial charge in [0.25, 0.3) is 0 Å². The summed E-state index contributed by atoms with van der Waals surface area (Å²) in [6.45, 7) is 10.5. The van der Waals surface area contributed by atoms with E-state index >= 15 is 0 Å². The van der Waals surface area contributed by atoms with Gasteiger partial charge >= 0.3 is 0 Å². The normalized spacial score (nSPS) is 19.6. The number of pyridine rings is 1. The van der Waals surface area contributed by atoms with Gasteiger partial charge in [-0.1, -0.05) is 44.2 Å². The molecule has 0 radical (unpaired) electrons. The quantitative estimate of drug-likeness (QED) is 0.686. The lowest BCUT2D eigenvalue weighted by molar-refractivity contribution is -0.127. The van der Waals surface area contributed by atoms with E-state index in [2.05, 4.69) is 41.2 Å². The van der Waals surface area contributed by atoms with Gasteiger partial charge in [-0.15, -0.1) is 0 Å². The molecule has 2 heterocycles. The molecule has 1 aromatic carbocycles. The number of amides is 1. The Balaban J connectivity index is 1.53. The molecule has 30 heavy (non-hydrogen) atoms. The molecule has 162 valence electrons. The van der Waals surface area contributed by atoms with Crippen LogP contribution in [0.15, 0.2) is 48.7 Å². The first kappa shape index (κ1) is 22.3. The minimum atomic E-state index is 0.0121. The Kier molecular flexibility index (Phi) is 8.26. The van der Waals surface area contributed by atoms with Gasteiger partial charge in [0.05, 0.1) is 18.7 Å². The minimum Gasteiger partial charge on any atom is -0.492 e. The Bertz CT molecular complexity index is 777. The molecule has 0 aliphatic carbocycles. The van der Waals surface area contributed by atoms with Gasteiger partial charge in [-0.25, -0.2) is 0 Å². The molecule has 1 aromatic heterocycles. The summed E-state index contributed by atoms with van der Waals surface area (Å²) in [6, 6.07) is 14.2. The number of carbonyl (C=O) groups excluding carboxylic acids is 1. The maximum Gasteiger partial charge on any atom is 0.224 e. The number of nitrogens with one attached hydrogen (secondary N) is 1. The molecule has 1 aliphatic rings. The Labute approximate surface area is 180 Å². The number of hydrogen-bond acceptors (Lipinski definition) is 4. The van der Waals surface area contributed by atoms with Crippen molar-refractivity contribution in [2.24, 2.45) is 17.8 Å². The van der Waals surface area contributed by atoms with E-state index < -0.39 is 0 Å². The van der Waals surface area contributed by atoms with Crippen molar-refractivity contribution >= 4 is 5.91 Å². The molecule has 2 atom stereocenters. The van der Waals surface area contributed by atoms with Crippen LogP contribution in [0.2, 0.25) is 0 Å². The first-order valence-electron chi connectivity index (χ1n) is 11.1. The van der Waals surface area contributed by atoms with Crippen LogP contribution in [0.1, 0.15) is 31.5 Å². The molecule has 1 saturated heterocycles. The highest BCUT2D eigenvalue weighted by molar-refractivity contribution is 5.79. The molecule has 1 aliphatic heterocycles. The van der Waals surface area contributed by atoms with Crippen LogP contribution in [0.5, 0.6) is 5.75 Å². The summed E-state index contributed by atoms with van der Waals surface area (Å²) in [6.07, 6.45) is 3.50. The zero-order valence-electron chi connectivity index (χ0n) is 18.5. The third-order valence-corrected chi connectivity index (χ3v) is 5.53. The van der Waals surface area contributed by atoms with Crippen molar-refractivity contribution in [2.45, 2.75) is 33.6 Å². The maximum atomic E-state index is 12.9. The van der Waals surface area contributed by atoms with Crippen LogP contribution in [-0.2, 0) is 11.2 Å². The van der Waals surface area contributed by atoms with E-state index in [9.17, 15) is 4.79 Å². The van der Waals surface area contributed by atoms with Crippen molar-refractivity contribution in [1.29, 1.82) is 0 Å². The number of hydrogen-bond donors (Lipinski definition) is 1. The standard InChI is InChI=1S/C25H35N3O2/c1-19(2)15-28-16-22(18-30-24-10-9-20(3)27-14-24)13-23(17-28)25(29)26-12-11-21-7-5-4-6-8-21/h4-10,14,19,22-23H,11-13,15-18H2,1-3H3,(H,26,29)/t22-,23+/m0/s1. The van der Waals surface area contributed by atoms with Crippen molar-refractivity contribution < 1.29 is 9.53 Å². The monoisotopic (exact) mass is 409 g/mol. The fourth-order valence-electron chi connectivity index (χ4n) is 4.15. The first-order chi connectivity index (χ1) is 14.5. The van der Waals surface area contributed by atoms with E-state index in [4.69, 9.17) is 4.74 Å². The van der Waals surface area contributed by atoms with Crippen LogP contribution in [-0.4, -0.2) is 48.6 Å². The van der Waals surface area contributed by atoms with E-state index in [0.29, 0.717) is 25.0 Å². The number of benzene rings is 1. The van der Waals surface area contributed by atoms with Crippen molar-refractivity contribution in [2.75, 3.05) is 32.8 Å². The summed E-state index contributed by atoms with van der Waals surface area (Å²) in [5.74, 6) is 1.89. The average molecular weight is 410 g/mol. The van der Waals surface area contributed by atoms with Crippen LogP contribution in [0, 0.1) is 24.7 Å². The molecule has 0 spiro atoms. The predicted molar refractivity (Wildman–Crippen MR) is 120 cm³/mol. The van der Waals surface area contributed by atoms with Crippen LogP contribution in [0.4, 0.5) is 0 Å². The second-order valence-electron chi connectivity index (χ2n) is 8.88.